The molecule has 2 aromatic heterocycles. The molecule has 0 atom stereocenters. The predicted molar refractivity (Wildman–Crippen MR) is 118 cm³/mol. The van der Waals surface area contributed by atoms with Crippen molar-refractivity contribution in [3.8, 4) is 17.0 Å². The van der Waals surface area contributed by atoms with Crippen molar-refractivity contribution in [3.63, 3.8) is 0 Å². The van der Waals surface area contributed by atoms with Gasteiger partial charge in [-0.05, 0) is 30.4 Å². The van der Waals surface area contributed by atoms with E-state index in [1.165, 1.54) is 4.90 Å². The zero-order valence-electron chi connectivity index (χ0n) is 17.6. The maximum atomic E-state index is 11.3. The van der Waals surface area contributed by atoms with Crippen LogP contribution < -0.4 is 5.73 Å². The van der Waals surface area contributed by atoms with Gasteiger partial charge in [0.05, 0.1) is 16.6 Å². The van der Waals surface area contributed by atoms with E-state index in [4.69, 9.17) is 17.3 Å². The Morgan fingerprint density at radius 1 is 1.23 bits per heavy atom. The van der Waals surface area contributed by atoms with E-state index < -0.39 is 6.09 Å². The number of benzene rings is 1. The lowest BCUT2D eigenvalue weighted by Gasteiger charge is -2.31. The van der Waals surface area contributed by atoms with Gasteiger partial charge in [-0.25, -0.2) is 4.79 Å². The predicted octanol–water partition coefficient (Wildman–Crippen LogP) is 4.05. The third kappa shape index (κ3) is 3.63. The minimum absolute atomic E-state index is 0.0264. The number of phenols is 1. The van der Waals surface area contributed by atoms with Gasteiger partial charge in [0.2, 0.25) is 0 Å². The lowest BCUT2D eigenvalue weighted by molar-refractivity contribution is 0.124. The highest BCUT2D eigenvalue weighted by atomic mass is 35.5. The van der Waals surface area contributed by atoms with Gasteiger partial charge < -0.3 is 20.8 Å². The van der Waals surface area contributed by atoms with Gasteiger partial charge in [0.25, 0.3) is 0 Å². The molecule has 31 heavy (non-hydrogen) atoms. The number of anilines is 1. The molecule has 0 unspecified atom stereocenters. The van der Waals surface area contributed by atoms with Gasteiger partial charge >= 0.3 is 6.09 Å². The van der Waals surface area contributed by atoms with Gasteiger partial charge in [-0.1, -0.05) is 38.4 Å². The second kappa shape index (κ2) is 7.56. The normalized spacial score (nSPS) is 15.5. The van der Waals surface area contributed by atoms with Crippen LogP contribution in [-0.2, 0) is 5.41 Å². The number of carboxylic acid groups (broad SMARTS) is 1. The van der Waals surface area contributed by atoms with Crippen LogP contribution >= 0.6 is 11.6 Å². The molecule has 0 spiro atoms. The number of para-hydroxylation sites is 1. The molecule has 1 amide bonds. The number of halogens is 1. The zero-order chi connectivity index (χ0) is 22.5. The van der Waals surface area contributed by atoms with Crippen molar-refractivity contribution in [2.24, 2.45) is 0 Å². The zero-order valence-corrected chi connectivity index (χ0v) is 18.4. The number of piperidine rings is 1. The minimum Gasteiger partial charge on any atom is -0.506 e. The molecule has 3 heterocycles. The Morgan fingerprint density at radius 2 is 1.90 bits per heavy atom. The molecule has 0 aliphatic carbocycles. The van der Waals surface area contributed by atoms with Crippen LogP contribution in [0.25, 0.3) is 22.3 Å². The molecule has 164 valence electrons. The standard InChI is InChI=1S/C21H25ClN6O3/c1-21(2,3)14-15(12-5-4-6-13(22)18(12)29)24-25-16-17(14)28(26-19(16)23)11-7-9-27(10-8-11)20(30)31/h4-6,11,29H,7-10H2,1-3H3,(H2,23,26)(H,30,31). The molecule has 10 heteroatoms. The van der Waals surface area contributed by atoms with Crippen molar-refractivity contribution in [1.29, 1.82) is 0 Å². The Labute approximate surface area is 184 Å². The average Bonchev–Trinajstić information content (AvgIpc) is 3.05. The number of nitrogens with zero attached hydrogens (tertiary/aromatic N) is 5. The van der Waals surface area contributed by atoms with Crippen molar-refractivity contribution in [2.75, 3.05) is 18.8 Å². The molecular formula is C21H25ClN6O3. The van der Waals surface area contributed by atoms with Crippen LogP contribution in [-0.4, -0.2) is 54.3 Å². The number of aromatic nitrogens is 4. The monoisotopic (exact) mass is 444 g/mol. The van der Waals surface area contributed by atoms with E-state index in [0.717, 1.165) is 11.1 Å². The fourth-order valence-electron chi connectivity index (χ4n) is 4.21. The van der Waals surface area contributed by atoms with Gasteiger partial charge in [0, 0.05) is 24.2 Å². The fraction of sp³-hybridized carbons (Fsp3) is 0.429. The maximum Gasteiger partial charge on any atom is 0.407 e. The van der Waals surface area contributed by atoms with Crippen molar-refractivity contribution in [2.45, 2.75) is 45.1 Å². The number of nitrogen functional groups attached to an aromatic ring is 1. The number of fused-ring (bicyclic) bond motifs is 1. The quantitative estimate of drug-likeness (QED) is 0.543. The number of nitrogens with two attached hydrogens (primary N) is 1. The second-order valence-corrected chi connectivity index (χ2v) is 9.24. The SMILES string of the molecule is CC(C)(C)c1c(-c2cccc(Cl)c2O)nnc2c(N)nn(C3CCN(C(=O)O)CC3)c12. The van der Waals surface area contributed by atoms with Crippen molar-refractivity contribution in [1.82, 2.24) is 24.9 Å². The van der Waals surface area contributed by atoms with Crippen LogP contribution in [0.15, 0.2) is 18.2 Å². The molecule has 4 N–H and O–H groups in total. The summed E-state index contributed by atoms with van der Waals surface area (Å²) < 4.78 is 1.87. The Balaban J connectivity index is 1.94. The first kappa shape index (κ1) is 21.2. The summed E-state index contributed by atoms with van der Waals surface area (Å²) in [4.78, 5) is 12.7. The highest BCUT2D eigenvalue weighted by Gasteiger charge is 2.32. The first-order chi connectivity index (χ1) is 14.6. The first-order valence-corrected chi connectivity index (χ1v) is 10.5. The fourth-order valence-corrected chi connectivity index (χ4v) is 4.38. The van der Waals surface area contributed by atoms with Crippen LogP contribution in [0.5, 0.6) is 5.75 Å². The van der Waals surface area contributed by atoms with E-state index in [9.17, 15) is 15.0 Å². The number of likely N-dealkylation sites (tertiary alicyclic amines) is 1. The molecule has 3 aromatic rings. The van der Waals surface area contributed by atoms with Crippen LogP contribution in [0.3, 0.4) is 0 Å². The van der Waals surface area contributed by atoms with Crippen LogP contribution in [0.4, 0.5) is 10.6 Å². The molecule has 1 aliphatic rings. The maximum absolute atomic E-state index is 11.3. The molecule has 1 aliphatic heterocycles. The van der Waals surface area contributed by atoms with Crippen LogP contribution in [0.2, 0.25) is 5.02 Å². The number of carbonyl (C=O) groups is 1. The molecule has 9 nitrogen and oxygen atoms in total. The molecular weight excluding hydrogens is 420 g/mol. The van der Waals surface area contributed by atoms with Gasteiger partial charge in [-0.15, -0.1) is 10.2 Å². The Morgan fingerprint density at radius 3 is 2.52 bits per heavy atom. The number of hydrogen-bond donors (Lipinski definition) is 3. The summed E-state index contributed by atoms with van der Waals surface area (Å²) in [5, 5.41) is 33.4. The third-order valence-electron chi connectivity index (χ3n) is 5.71. The number of amides is 1. The van der Waals surface area contributed by atoms with Crippen molar-refractivity contribution in [3.05, 3.63) is 28.8 Å². The number of aromatic hydroxyl groups is 1. The van der Waals surface area contributed by atoms with E-state index in [2.05, 4.69) is 36.1 Å². The lowest BCUT2D eigenvalue weighted by atomic mass is 9.83. The highest BCUT2D eigenvalue weighted by Crippen LogP contribution is 2.43. The summed E-state index contributed by atoms with van der Waals surface area (Å²) in [7, 11) is 0. The van der Waals surface area contributed by atoms with Gasteiger partial charge in [0.15, 0.2) is 11.3 Å². The third-order valence-corrected chi connectivity index (χ3v) is 6.01. The van der Waals surface area contributed by atoms with Crippen molar-refractivity contribution >= 4 is 34.5 Å². The van der Waals surface area contributed by atoms with Gasteiger partial charge in [-0.3, -0.25) is 4.68 Å². The smallest absolute Gasteiger partial charge is 0.407 e. The summed E-state index contributed by atoms with van der Waals surface area (Å²) in [6.07, 6.45) is 0.321. The number of rotatable bonds is 2. The number of hydrogen-bond acceptors (Lipinski definition) is 6. The molecule has 0 radical (unpaired) electrons. The first-order valence-electron chi connectivity index (χ1n) is 10.1. The van der Waals surface area contributed by atoms with Gasteiger partial charge in [0.1, 0.15) is 11.4 Å². The molecule has 1 saturated heterocycles. The highest BCUT2D eigenvalue weighted by molar-refractivity contribution is 6.32. The number of phenolic OH excluding ortho intramolecular Hbond substituents is 1. The Bertz CT molecular complexity index is 1160. The minimum atomic E-state index is -0.914. The summed E-state index contributed by atoms with van der Waals surface area (Å²) >= 11 is 6.16. The van der Waals surface area contributed by atoms with E-state index >= 15 is 0 Å². The van der Waals surface area contributed by atoms with Gasteiger partial charge in [-0.2, -0.15) is 5.10 Å². The van der Waals surface area contributed by atoms with Crippen LogP contribution in [0.1, 0.15) is 45.2 Å². The van der Waals surface area contributed by atoms with E-state index in [-0.39, 0.29) is 28.0 Å². The molecule has 4 rings (SSSR count). The van der Waals surface area contributed by atoms with Crippen LogP contribution in [0, 0.1) is 0 Å². The Kier molecular flexibility index (Phi) is 5.17. The summed E-state index contributed by atoms with van der Waals surface area (Å²) in [5.41, 5.74) is 8.92. The van der Waals surface area contributed by atoms with E-state index in [0.29, 0.717) is 42.7 Å². The summed E-state index contributed by atoms with van der Waals surface area (Å²) in [6.45, 7) is 7.00. The molecule has 1 fully saturated rings. The van der Waals surface area contributed by atoms with Crippen molar-refractivity contribution < 1.29 is 15.0 Å². The topological polar surface area (TPSA) is 130 Å². The van der Waals surface area contributed by atoms with E-state index in [1.54, 1.807) is 18.2 Å². The summed E-state index contributed by atoms with van der Waals surface area (Å²) in [5.74, 6) is 0.215. The summed E-state index contributed by atoms with van der Waals surface area (Å²) in [6, 6.07) is 5.09. The second-order valence-electron chi connectivity index (χ2n) is 8.84. The molecule has 0 saturated carbocycles. The molecule has 1 aromatic carbocycles. The lowest BCUT2D eigenvalue weighted by Crippen LogP contribution is -2.38. The Hall–Kier alpha value is -3.07. The van der Waals surface area contributed by atoms with E-state index in [1.807, 2.05) is 4.68 Å². The molecule has 0 bridgehead atoms. The average molecular weight is 445 g/mol. The largest absolute Gasteiger partial charge is 0.506 e.